The molecule has 1 atom stereocenters. The van der Waals surface area contributed by atoms with E-state index in [9.17, 15) is 0 Å². The normalized spacial score (nSPS) is 14.8. The molecule has 10 aromatic carbocycles. The van der Waals surface area contributed by atoms with Crippen LogP contribution in [-0.4, -0.2) is 24.1 Å². The van der Waals surface area contributed by atoms with Gasteiger partial charge in [-0.3, -0.25) is 4.57 Å². The van der Waals surface area contributed by atoms with Crippen LogP contribution in [0.5, 0.6) is 0 Å². The van der Waals surface area contributed by atoms with Crippen molar-refractivity contribution in [3.63, 3.8) is 0 Å². The minimum Gasteiger partial charge on any atom is -0.456 e. The van der Waals surface area contributed by atoms with Gasteiger partial charge in [0.2, 0.25) is 5.95 Å². The first kappa shape index (κ1) is 43.7. The number of hydrogen-bond acceptors (Lipinski definition) is 4. The number of hydrogen-bond donors (Lipinski definition) is 0. The Kier molecular flexibility index (Phi) is 9.97. The van der Waals surface area contributed by atoms with Crippen LogP contribution in [0, 0.1) is 0 Å². The van der Waals surface area contributed by atoms with Gasteiger partial charge in [-0.2, -0.15) is 9.97 Å². The average Bonchev–Trinajstić information content (AvgIpc) is 4.17. The van der Waals surface area contributed by atoms with Crippen LogP contribution in [0.4, 0.5) is 0 Å². The molecular weight excluding hydrogens is 927 g/mol. The van der Waals surface area contributed by atoms with Crippen molar-refractivity contribution >= 4 is 76.7 Å². The van der Waals surface area contributed by atoms with Crippen molar-refractivity contribution in [3.05, 3.63) is 266 Å². The second kappa shape index (κ2) is 17.4. The Bertz CT molecular complexity index is 4640. The Balaban J connectivity index is 0.953. The molecule has 0 saturated carbocycles. The van der Waals surface area contributed by atoms with E-state index < -0.39 is 5.54 Å². The van der Waals surface area contributed by atoms with Crippen molar-refractivity contribution in [2.24, 2.45) is 0 Å². The number of nitrogens with zero attached hydrogens (tertiary/aromatic N) is 5. The highest BCUT2D eigenvalue weighted by Gasteiger charge is 2.37. The van der Waals surface area contributed by atoms with E-state index >= 15 is 0 Å². The lowest BCUT2D eigenvalue weighted by Crippen LogP contribution is -2.33. The lowest BCUT2D eigenvalue weighted by molar-refractivity contribution is 0.457. The van der Waals surface area contributed by atoms with E-state index in [1.807, 2.05) is 30.3 Å². The maximum Gasteiger partial charge on any atom is 0.238 e. The molecule has 1 unspecified atom stereocenters. The molecule has 6 nitrogen and oxygen atoms in total. The number of para-hydroxylation sites is 5. The topological polar surface area (TPSA) is 61.7 Å². The van der Waals surface area contributed by atoms with Crippen LogP contribution in [0.2, 0.25) is 0 Å². The third-order valence-corrected chi connectivity index (χ3v) is 15.6. The molecule has 0 spiro atoms. The first-order chi connectivity index (χ1) is 37.5. The molecule has 358 valence electrons. The van der Waals surface area contributed by atoms with Gasteiger partial charge in [-0.15, -0.1) is 0 Å². The van der Waals surface area contributed by atoms with Gasteiger partial charge < -0.3 is 8.98 Å². The Morgan fingerprint density at radius 1 is 0.395 bits per heavy atom. The van der Waals surface area contributed by atoms with Crippen LogP contribution >= 0.6 is 0 Å². The third kappa shape index (κ3) is 6.99. The molecule has 0 bridgehead atoms. The number of allylic oxidation sites excluding steroid dienone is 4. The molecule has 0 fully saturated rings. The molecule has 76 heavy (non-hydrogen) atoms. The second-order valence-corrected chi connectivity index (χ2v) is 20.1. The lowest BCUT2D eigenvalue weighted by Gasteiger charge is -2.38. The number of rotatable bonds is 8. The molecule has 6 heteroatoms. The highest BCUT2D eigenvalue weighted by molar-refractivity contribution is 6.15. The van der Waals surface area contributed by atoms with Gasteiger partial charge >= 0.3 is 0 Å². The largest absolute Gasteiger partial charge is 0.456 e. The van der Waals surface area contributed by atoms with Crippen molar-refractivity contribution in [2.45, 2.75) is 18.9 Å². The SMILES string of the molecule is CC1(n2c3ccccc3c3ccccc32)CC=C(c2nc(-c3ccccc3)nc(-n3c4ccccc4c4cccc(-c5ccc6oc7ccccc7c6c5)c43)n2)C=C1c1cccc(-c2cccc(-c3ccccc3)c2)c1. The van der Waals surface area contributed by atoms with Crippen molar-refractivity contribution in [2.75, 3.05) is 0 Å². The fourth-order valence-electron chi connectivity index (χ4n) is 12.0. The zero-order valence-electron chi connectivity index (χ0n) is 41.6. The van der Waals surface area contributed by atoms with E-state index in [0.29, 0.717) is 24.0 Å². The summed E-state index contributed by atoms with van der Waals surface area (Å²) in [5.41, 5.74) is 16.6. The average molecular weight is 974 g/mol. The standard InChI is InChI=1S/C70H47N5O/c1-70(75-62-34-13-9-27-54(62)55-28-10-14-35-63(55)75)40-39-52(44-60(70)51-26-17-25-49(42-51)48-24-16-23-47(41-48)45-19-4-2-5-20-45)68-71-67(46-21-6-3-7-22-46)72-69(73-68)74-61-33-12-8-29-56(61)58-32-18-31-53(66(58)74)50-37-38-65-59(43-50)57-30-11-15-36-64(57)76-65/h2-39,41-44H,40H2,1H3. The van der Waals surface area contributed by atoms with Crippen LogP contribution < -0.4 is 0 Å². The van der Waals surface area contributed by atoms with Gasteiger partial charge in [0.1, 0.15) is 11.2 Å². The number of furan rings is 1. The highest BCUT2D eigenvalue weighted by atomic mass is 16.3. The lowest BCUT2D eigenvalue weighted by atomic mass is 9.77. The molecule has 0 N–H and O–H groups in total. The molecule has 14 aromatic rings. The van der Waals surface area contributed by atoms with E-state index in [2.05, 4.69) is 241 Å². The monoisotopic (exact) mass is 973 g/mol. The van der Waals surface area contributed by atoms with E-state index in [-0.39, 0.29) is 0 Å². The van der Waals surface area contributed by atoms with Gasteiger partial charge in [0, 0.05) is 60.1 Å². The van der Waals surface area contributed by atoms with Crippen molar-refractivity contribution in [1.29, 1.82) is 0 Å². The molecule has 15 rings (SSSR count). The number of benzene rings is 10. The zero-order valence-corrected chi connectivity index (χ0v) is 41.6. The Morgan fingerprint density at radius 3 is 1.64 bits per heavy atom. The van der Waals surface area contributed by atoms with Crippen molar-refractivity contribution in [1.82, 2.24) is 24.1 Å². The maximum atomic E-state index is 6.31. The third-order valence-electron chi connectivity index (χ3n) is 15.6. The van der Waals surface area contributed by atoms with E-state index in [1.54, 1.807) is 0 Å². The van der Waals surface area contributed by atoms with E-state index in [4.69, 9.17) is 19.4 Å². The first-order valence-corrected chi connectivity index (χ1v) is 26.0. The van der Waals surface area contributed by atoms with Gasteiger partial charge in [-0.05, 0) is 107 Å². The summed E-state index contributed by atoms with van der Waals surface area (Å²) < 4.78 is 11.1. The quantitative estimate of drug-likeness (QED) is 0.152. The zero-order chi connectivity index (χ0) is 50.3. The van der Waals surface area contributed by atoms with Gasteiger partial charge in [0.15, 0.2) is 11.6 Å². The van der Waals surface area contributed by atoms with Crippen LogP contribution in [0.1, 0.15) is 24.7 Å². The van der Waals surface area contributed by atoms with Crippen LogP contribution in [0.15, 0.2) is 259 Å². The number of fused-ring (bicyclic) bond motifs is 9. The Labute approximate surface area is 438 Å². The summed E-state index contributed by atoms with van der Waals surface area (Å²) in [5, 5.41) is 6.87. The molecule has 0 radical (unpaired) electrons. The summed E-state index contributed by atoms with van der Waals surface area (Å²) in [6, 6.07) is 86.4. The maximum absolute atomic E-state index is 6.31. The van der Waals surface area contributed by atoms with Crippen molar-refractivity contribution < 1.29 is 4.42 Å². The first-order valence-electron chi connectivity index (χ1n) is 26.0. The summed E-state index contributed by atoms with van der Waals surface area (Å²) in [4.78, 5) is 16.4. The predicted molar refractivity (Wildman–Crippen MR) is 313 cm³/mol. The summed E-state index contributed by atoms with van der Waals surface area (Å²) in [7, 11) is 0. The summed E-state index contributed by atoms with van der Waals surface area (Å²) in [5.74, 6) is 1.75. The molecule has 4 aromatic heterocycles. The van der Waals surface area contributed by atoms with Gasteiger partial charge in [0.05, 0.1) is 16.6 Å². The Morgan fingerprint density at radius 2 is 0.921 bits per heavy atom. The van der Waals surface area contributed by atoms with Gasteiger partial charge in [-0.25, -0.2) is 4.98 Å². The fraction of sp³-hybridized carbons (Fsp3) is 0.0429. The van der Waals surface area contributed by atoms with Crippen LogP contribution in [0.25, 0.3) is 127 Å². The fourth-order valence-corrected chi connectivity index (χ4v) is 12.0. The molecule has 4 heterocycles. The number of aromatic nitrogens is 5. The minimum absolute atomic E-state index is 0.530. The molecule has 1 aliphatic rings. The van der Waals surface area contributed by atoms with Crippen LogP contribution in [-0.2, 0) is 5.54 Å². The smallest absolute Gasteiger partial charge is 0.238 e. The van der Waals surface area contributed by atoms with E-state index in [0.717, 1.165) is 82.7 Å². The minimum atomic E-state index is -0.530. The summed E-state index contributed by atoms with van der Waals surface area (Å²) in [6.45, 7) is 2.39. The second-order valence-electron chi connectivity index (χ2n) is 20.1. The molecule has 0 amide bonds. The molecular formula is C70H47N5O. The summed E-state index contributed by atoms with van der Waals surface area (Å²) >= 11 is 0. The van der Waals surface area contributed by atoms with E-state index in [1.165, 1.54) is 38.5 Å². The molecule has 0 saturated heterocycles. The van der Waals surface area contributed by atoms with Crippen molar-refractivity contribution in [3.8, 4) is 50.7 Å². The molecule has 1 aliphatic carbocycles. The van der Waals surface area contributed by atoms with Gasteiger partial charge in [-0.1, -0.05) is 200 Å². The molecule has 0 aliphatic heterocycles. The van der Waals surface area contributed by atoms with Crippen LogP contribution in [0.3, 0.4) is 0 Å². The predicted octanol–water partition coefficient (Wildman–Crippen LogP) is 17.9. The Hall–Kier alpha value is -9.91. The summed E-state index contributed by atoms with van der Waals surface area (Å²) in [6.07, 6.45) is 5.37. The highest BCUT2D eigenvalue weighted by Crippen LogP contribution is 2.48. The van der Waals surface area contributed by atoms with Gasteiger partial charge in [0.25, 0.3) is 0 Å².